The summed E-state index contributed by atoms with van der Waals surface area (Å²) in [5.74, 6) is 0.472. The van der Waals surface area contributed by atoms with E-state index < -0.39 is 0 Å². The second kappa shape index (κ2) is 8.43. The minimum absolute atomic E-state index is 0.117. The molecule has 23 heavy (non-hydrogen) atoms. The van der Waals surface area contributed by atoms with Gasteiger partial charge in [-0.15, -0.1) is 0 Å². The summed E-state index contributed by atoms with van der Waals surface area (Å²) in [6.45, 7) is -0.238. The van der Waals surface area contributed by atoms with Gasteiger partial charge in [0.05, 0.1) is 5.69 Å². The van der Waals surface area contributed by atoms with Crippen LogP contribution in [0.2, 0.25) is 0 Å². The summed E-state index contributed by atoms with van der Waals surface area (Å²) in [6, 6.07) is 16.0. The molecule has 2 amide bonds. The van der Waals surface area contributed by atoms with E-state index in [-0.39, 0.29) is 25.0 Å². The van der Waals surface area contributed by atoms with Crippen molar-refractivity contribution in [1.82, 2.24) is 5.32 Å². The fourth-order valence-corrected chi connectivity index (χ4v) is 1.76. The van der Waals surface area contributed by atoms with Crippen molar-refractivity contribution >= 4 is 17.5 Å². The molecule has 0 saturated heterocycles. The molecule has 0 aliphatic carbocycles. The van der Waals surface area contributed by atoms with Gasteiger partial charge in [0.15, 0.2) is 13.2 Å². The number of ether oxygens (including phenoxy) is 2. The molecule has 2 aromatic rings. The maximum atomic E-state index is 12.0. The first-order chi connectivity index (χ1) is 11.2. The molecule has 0 atom stereocenters. The van der Waals surface area contributed by atoms with Crippen LogP contribution in [0.5, 0.6) is 11.5 Å². The molecule has 0 fully saturated rings. The Morgan fingerprint density at radius 3 is 2.26 bits per heavy atom. The lowest BCUT2D eigenvalue weighted by Crippen LogP contribution is -2.25. The Kier molecular flexibility index (Phi) is 5.99. The molecular weight excluding hydrogens is 296 g/mol. The molecule has 0 saturated carbocycles. The number of amides is 2. The molecule has 0 heterocycles. The molecule has 0 aliphatic heterocycles. The first-order valence-corrected chi connectivity index (χ1v) is 7.09. The first-order valence-electron chi connectivity index (χ1n) is 7.09. The highest BCUT2D eigenvalue weighted by molar-refractivity contribution is 5.93. The van der Waals surface area contributed by atoms with Gasteiger partial charge < -0.3 is 20.1 Å². The van der Waals surface area contributed by atoms with Crippen LogP contribution in [-0.2, 0) is 9.59 Å². The zero-order valence-electron chi connectivity index (χ0n) is 12.7. The van der Waals surface area contributed by atoms with Gasteiger partial charge in [-0.3, -0.25) is 9.59 Å². The summed E-state index contributed by atoms with van der Waals surface area (Å²) in [4.78, 5) is 23.2. The van der Waals surface area contributed by atoms with Crippen LogP contribution in [0.1, 0.15) is 0 Å². The summed E-state index contributed by atoms with van der Waals surface area (Å²) in [5, 5.41) is 5.16. The smallest absolute Gasteiger partial charge is 0.262 e. The van der Waals surface area contributed by atoms with Crippen LogP contribution in [0.4, 0.5) is 5.69 Å². The lowest BCUT2D eigenvalue weighted by atomic mass is 10.3. The Morgan fingerprint density at radius 2 is 1.52 bits per heavy atom. The number of rotatable bonds is 7. The number of para-hydroxylation sites is 3. The van der Waals surface area contributed by atoms with Gasteiger partial charge >= 0.3 is 0 Å². The van der Waals surface area contributed by atoms with Crippen LogP contribution < -0.4 is 20.1 Å². The zero-order valence-corrected chi connectivity index (χ0v) is 12.7. The van der Waals surface area contributed by atoms with E-state index in [1.54, 1.807) is 36.4 Å². The summed E-state index contributed by atoms with van der Waals surface area (Å²) in [7, 11) is 1.53. The van der Waals surface area contributed by atoms with Crippen molar-refractivity contribution in [3.8, 4) is 11.5 Å². The minimum Gasteiger partial charge on any atom is -0.484 e. The van der Waals surface area contributed by atoms with Crippen molar-refractivity contribution in [2.24, 2.45) is 0 Å². The molecule has 120 valence electrons. The lowest BCUT2D eigenvalue weighted by molar-refractivity contribution is -0.122. The molecule has 0 aromatic heterocycles. The molecule has 2 rings (SSSR count). The molecule has 2 N–H and O–H groups in total. The first kappa shape index (κ1) is 16.4. The average Bonchev–Trinajstić information content (AvgIpc) is 2.60. The third-order valence-electron chi connectivity index (χ3n) is 2.91. The monoisotopic (exact) mass is 314 g/mol. The quantitative estimate of drug-likeness (QED) is 0.817. The van der Waals surface area contributed by atoms with E-state index in [0.717, 1.165) is 0 Å². The fourth-order valence-electron chi connectivity index (χ4n) is 1.76. The Labute approximate surface area is 134 Å². The SMILES string of the molecule is CNC(=O)COc1ccccc1NC(=O)COc1ccccc1. The van der Waals surface area contributed by atoms with E-state index in [1.807, 2.05) is 18.2 Å². The van der Waals surface area contributed by atoms with Crippen molar-refractivity contribution in [2.75, 3.05) is 25.6 Å². The van der Waals surface area contributed by atoms with E-state index >= 15 is 0 Å². The third kappa shape index (κ3) is 5.35. The zero-order chi connectivity index (χ0) is 16.5. The summed E-state index contributed by atoms with van der Waals surface area (Å²) >= 11 is 0. The Hall–Kier alpha value is -3.02. The van der Waals surface area contributed by atoms with Crippen molar-refractivity contribution in [2.45, 2.75) is 0 Å². The maximum Gasteiger partial charge on any atom is 0.262 e. The number of hydrogen-bond donors (Lipinski definition) is 2. The molecular formula is C17H18N2O4. The second-order valence-corrected chi connectivity index (χ2v) is 4.61. The highest BCUT2D eigenvalue weighted by atomic mass is 16.5. The third-order valence-corrected chi connectivity index (χ3v) is 2.91. The Balaban J connectivity index is 1.91. The van der Waals surface area contributed by atoms with Crippen LogP contribution in [0, 0.1) is 0 Å². The van der Waals surface area contributed by atoms with Crippen LogP contribution in [-0.4, -0.2) is 32.1 Å². The second-order valence-electron chi connectivity index (χ2n) is 4.61. The number of anilines is 1. The minimum atomic E-state index is -0.315. The van der Waals surface area contributed by atoms with Crippen LogP contribution in [0.3, 0.4) is 0 Å². The van der Waals surface area contributed by atoms with Gasteiger partial charge in [-0.2, -0.15) is 0 Å². The van der Waals surface area contributed by atoms with Gasteiger partial charge in [-0.25, -0.2) is 0 Å². The number of nitrogens with one attached hydrogen (secondary N) is 2. The standard InChI is InChI=1S/C17H18N2O4/c1-18-16(20)11-23-15-10-6-5-9-14(15)19-17(21)12-22-13-7-3-2-4-8-13/h2-10H,11-12H2,1H3,(H,18,20)(H,19,21). The van der Waals surface area contributed by atoms with Crippen LogP contribution in [0.15, 0.2) is 54.6 Å². The number of benzene rings is 2. The molecule has 0 spiro atoms. The average molecular weight is 314 g/mol. The van der Waals surface area contributed by atoms with Gasteiger partial charge in [0, 0.05) is 7.05 Å². The van der Waals surface area contributed by atoms with Gasteiger partial charge in [0.2, 0.25) is 0 Å². The molecule has 0 unspecified atom stereocenters. The highest BCUT2D eigenvalue weighted by Gasteiger charge is 2.09. The summed E-state index contributed by atoms with van der Waals surface area (Å²) in [5.41, 5.74) is 0.484. The predicted octanol–water partition coefficient (Wildman–Crippen LogP) is 1.83. The van der Waals surface area contributed by atoms with E-state index in [4.69, 9.17) is 9.47 Å². The topological polar surface area (TPSA) is 76.7 Å². The number of carbonyl (C=O) groups excluding carboxylic acids is 2. The summed E-state index contributed by atoms with van der Waals surface area (Å²) < 4.78 is 10.8. The molecule has 6 nitrogen and oxygen atoms in total. The van der Waals surface area contributed by atoms with E-state index in [2.05, 4.69) is 10.6 Å². The van der Waals surface area contributed by atoms with Gasteiger partial charge in [0.1, 0.15) is 11.5 Å². The van der Waals surface area contributed by atoms with Gasteiger partial charge in [0.25, 0.3) is 11.8 Å². The van der Waals surface area contributed by atoms with E-state index in [0.29, 0.717) is 17.2 Å². The molecule has 6 heteroatoms. The number of hydrogen-bond acceptors (Lipinski definition) is 4. The van der Waals surface area contributed by atoms with Gasteiger partial charge in [-0.05, 0) is 24.3 Å². The fraction of sp³-hybridized carbons (Fsp3) is 0.176. The lowest BCUT2D eigenvalue weighted by Gasteiger charge is -2.12. The Morgan fingerprint density at radius 1 is 0.870 bits per heavy atom. The van der Waals surface area contributed by atoms with E-state index in [1.165, 1.54) is 7.05 Å². The normalized spacial score (nSPS) is 9.78. The largest absolute Gasteiger partial charge is 0.484 e. The van der Waals surface area contributed by atoms with Crippen LogP contribution >= 0.6 is 0 Å². The van der Waals surface area contributed by atoms with Crippen molar-refractivity contribution in [3.05, 3.63) is 54.6 Å². The predicted molar refractivity (Wildman–Crippen MR) is 86.6 cm³/mol. The van der Waals surface area contributed by atoms with Crippen molar-refractivity contribution in [1.29, 1.82) is 0 Å². The molecule has 0 radical (unpaired) electrons. The summed E-state index contributed by atoms with van der Waals surface area (Å²) in [6.07, 6.45) is 0. The van der Waals surface area contributed by atoms with Crippen LogP contribution in [0.25, 0.3) is 0 Å². The molecule has 0 bridgehead atoms. The highest BCUT2D eigenvalue weighted by Crippen LogP contribution is 2.23. The van der Waals surface area contributed by atoms with E-state index in [9.17, 15) is 9.59 Å². The maximum absolute atomic E-state index is 12.0. The number of likely N-dealkylation sites (N-methyl/N-ethyl adjacent to an activating group) is 1. The molecule has 2 aromatic carbocycles. The molecule has 0 aliphatic rings. The Bertz CT molecular complexity index is 659. The number of carbonyl (C=O) groups is 2. The van der Waals surface area contributed by atoms with Crippen molar-refractivity contribution < 1.29 is 19.1 Å². The van der Waals surface area contributed by atoms with Crippen molar-refractivity contribution in [3.63, 3.8) is 0 Å². The van der Waals surface area contributed by atoms with Gasteiger partial charge in [-0.1, -0.05) is 30.3 Å².